The highest BCUT2D eigenvalue weighted by atomic mass is 19.4. The SMILES string of the molecule is CCOc1ccc(NC(=O)[C@@H](C)N2CCN(CC(F)(F)F)CC2)cc1. The molecule has 5 nitrogen and oxygen atoms in total. The van der Waals surface area contributed by atoms with Gasteiger partial charge in [0.2, 0.25) is 5.91 Å². The summed E-state index contributed by atoms with van der Waals surface area (Å²) in [5.41, 5.74) is 0.663. The van der Waals surface area contributed by atoms with E-state index in [0.29, 0.717) is 38.5 Å². The summed E-state index contributed by atoms with van der Waals surface area (Å²) < 4.78 is 42.6. The average molecular weight is 359 g/mol. The Hall–Kier alpha value is -1.80. The Kier molecular flexibility index (Phi) is 6.66. The number of nitrogens with zero attached hydrogens (tertiary/aromatic N) is 2. The van der Waals surface area contributed by atoms with E-state index in [1.165, 1.54) is 4.90 Å². The fraction of sp³-hybridized carbons (Fsp3) is 0.588. The molecular formula is C17H24F3N3O2. The van der Waals surface area contributed by atoms with Crippen LogP contribution in [0.3, 0.4) is 0 Å². The highest BCUT2D eigenvalue weighted by Crippen LogP contribution is 2.19. The summed E-state index contributed by atoms with van der Waals surface area (Å²) in [6.07, 6.45) is -4.18. The summed E-state index contributed by atoms with van der Waals surface area (Å²) in [5, 5.41) is 2.83. The second kappa shape index (κ2) is 8.53. The second-order valence-corrected chi connectivity index (χ2v) is 6.05. The van der Waals surface area contributed by atoms with Crippen LogP contribution in [0.1, 0.15) is 13.8 Å². The van der Waals surface area contributed by atoms with Crippen LogP contribution >= 0.6 is 0 Å². The van der Waals surface area contributed by atoms with Crippen molar-refractivity contribution in [2.75, 3.05) is 44.6 Å². The number of alkyl halides is 3. The van der Waals surface area contributed by atoms with Crippen LogP contribution in [0.25, 0.3) is 0 Å². The largest absolute Gasteiger partial charge is 0.494 e. The molecule has 0 spiro atoms. The highest BCUT2D eigenvalue weighted by molar-refractivity contribution is 5.94. The van der Waals surface area contributed by atoms with Gasteiger partial charge in [0, 0.05) is 31.9 Å². The number of ether oxygens (including phenoxy) is 1. The van der Waals surface area contributed by atoms with Crippen LogP contribution in [0.2, 0.25) is 0 Å². The Morgan fingerprint density at radius 3 is 2.32 bits per heavy atom. The van der Waals surface area contributed by atoms with E-state index in [-0.39, 0.29) is 5.91 Å². The van der Waals surface area contributed by atoms with Crippen LogP contribution in [0, 0.1) is 0 Å². The molecule has 1 N–H and O–H groups in total. The van der Waals surface area contributed by atoms with E-state index in [1.807, 2.05) is 11.8 Å². The molecule has 1 heterocycles. The summed E-state index contributed by atoms with van der Waals surface area (Å²) in [6.45, 7) is 4.83. The van der Waals surface area contributed by atoms with E-state index in [0.717, 1.165) is 5.75 Å². The maximum absolute atomic E-state index is 12.4. The van der Waals surface area contributed by atoms with Gasteiger partial charge in [0.15, 0.2) is 0 Å². The third-order valence-electron chi connectivity index (χ3n) is 4.17. The van der Waals surface area contributed by atoms with Gasteiger partial charge in [-0.05, 0) is 38.1 Å². The van der Waals surface area contributed by atoms with Gasteiger partial charge in [-0.2, -0.15) is 13.2 Å². The fourth-order valence-electron chi connectivity index (χ4n) is 2.78. The predicted molar refractivity (Wildman–Crippen MR) is 89.8 cm³/mol. The van der Waals surface area contributed by atoms with Gasteiger partial charge in [-0.3, -0.25) is 14.6 Å². The van der Waals surface area contributed by atoms with Crippen molar-refractivity contribution in [3.8, 4) is 5.75 Å². The lowest BCUT2D eigenvalue weighted by Gasteiger charge is -2.37. The molecule has 0 aromatic heterocycles. The van der Waals surface area contributed by atoms with Crippen molar-refractivity contribution in [3.63, 3.8) is 0 Å². The number of benzene rings is 1. The van der Waals surface area contributed by atoms with Gasteiger partial charge < -0.3 is 10.1 Å². The molecule has 1 atom stereocenters. The van der Waals surface area contributed by atoms with Crippen LogP contribution in [0.4, 0.5) is 18.9 Å². The van der Waals surface area contributed by atoms with Crippen LogP contribution in [-0.2, 0) is 4.79 Å². The first-order chi connectivity index (χ1) is 11.8. The van der Waals surface area contributed by atoms with Crippen molar-refractivity contribution in [3.05, 3.63) is 24.3 Å². The molecular weight excluding hydrogens is 335 g/mol. The first-order valence-electron chi connectivity index (χ1n) is 8.35. The number of nitrogens with one attached hydrogen (secondary N) is 1. The Labute approximate surface area is 145 Å². The molecule has 1 aromatic rings. The molecule has 0 radical (unpaired) electrons. The highest BCUT2D eigenvalue weighted by Gasteiger charge is 2.33. The maximum Gasteiger partial charge on any atom is 0.401 e. The molecule has 1 aliphatic heterocycles. The molecule has 1 saturated heterocycles. The molecule has 0 saturated carbocycles. The van der Waals surface area contributed by atoms with Crippen molar-refractivity contribution in [1.82, 2.24) is 9.80 Å². The first-order valence-corrected chi connectivity index (χ1v) is 8.35. The van der Waals surface area contributed by atoms with Crippen molar-refractivity contribution < 1.29 is 22.7 Å². The van der Waals surface area contributed by atoms with Crippen molar-refractivity contribution in [2.45, 2.75) is 26.1 Å². The Balaban J connectivity index is 1.82. The second-order valence-electron chi connectivity index (χ2n) is 6.05. The lowest BCUT2D eigenvalue weighted by atomic mass is 10.2. The minimum absolute atomic E-state index is 0.173. The molecule has 1 fully saturated rings. The molecule has 1 aromatic carbocycles. The number of amides is 1. The maximum atomic E-state index is 12.4. The molecule has 0 aliphatic carbocycles. The van der Waals surface area contributed by atoms with E-state index < -0.39 is 18.8 Å². The minimum atomic E-state index is -4.18. The fourth-order valence-corrected chi connectivity index (χ4v) is 2.78. The number of hydrogen-bond donors (Lipinski definition) is 1. The topological polar surface area (TPSA) is 44.8 Å². The number of halogens is 3. The summed E-state index contributed by atoms with van der Waals surface area (Å²) in [6, 6.07) is 6.67. The number of carbonyl (C=O) groups is 1. The predicted octanol–water partition coefficient (Wildman–Crippen LogP) is 2.59. The standard InChI is InChI=1S/C17H24F3N3O2/c1-3-25-15-6-4-14(5-7-15)21-16(24)13(2)23-10-8-22(9-11-23)12-17(18,19)20/h4-7,13H,3,8-12H2,1-2H3,(H,21,24)/t13-/m1/s1. The molecule has 8 heteroatoms. The summed E-state index contributed by atoms with van der Waals surface area (Å²) >= 11 is 0. The van der Waals surface area contributed by atoms with Crippen LogP contribution < -0.4 is 10.1 Å². The van der Waals surface area contributed by atoms with Crippen LogP contribution in [-0.4, -0.2) is 67.3 Å². The zero-order chi connectivity index (χ0) is 18.4. The molecule has 0 bridgehead atoms. The normalized spacial score (nSPS) is 18.0. The smallest absolute Gasteiger partial charge is 0.401 e. The monoisotopic (exact) mass is 359 g/mol. The van der Waals surface area contributed by atoms with Gasteiger partial charge in [0.05, 0.1) is 19.2 Å². The number of hydrogen-bond acceptors (Lipinski definition) is 4. The first kappa shape index (κ1) is 19.5. The van der Waals surface area contributed by atoms with Crippen molar-refractivity contribution in [2.24, 2.45) is 0 Å². The van der Waals surface area contributed by atoms with E-state index >= 15 is 0 Å². The van der Waals surface area contributed by atoms with Gasteiger partial charge in [-0.15, -0.1) is 0 Å². The average Bonchev–Trinajstić information content (AvgIpc) is 2.55. The van der Waals surface area contributed by atoms with Crippen molar-refractivity contribution >= 4 is 11.6 Å². The van der Waals surface area contributed by atoms with Gasteiger partial charge in [0.25, 0.3) is 0 Å². The van der Waals surface area contributed by atoms with E-state index in [1.54, 1.807) is 31.2 Å². The number of anilines is 1. The molecule has 0 unspecified atom stereocenters. The van der Waals surface area contributed by atoms with Crippen molar-refractivity contribution in [1.29, 1.82) is 0 Å². The molecule has 2 rings (SSSR count). The lowest BCUT2D eigenvalue weighted by molar-refractivity contribution is -0.150. The third kappa shape index (κ3) is 6.21. The lowest BCUT2D eigenvalue weighted by Crippen LogP contribution is -2.54. The molecule has 140 valence electrons. The van der Waals surface area contributed by atoms with Gasteiger partial charge in [0.1, 0.15) is 5.75 Å². The summed E-state index contributed by atoms with van der Waals surface area (Å²) in [5.74, 6) is 0.558. The summed E-state index contributed by atoms with van der Waals surface area (Å²) in [7, 11) is 0. The Morgan fingerprint density at radius 1 is 1.20 bits per heavy atom. The van der Waals surface area contributed by atoms with E-state index in [9.17, 15) is 18.0 Å². The number of carbonyl (C=O) groups excluding carboxylic acids is 1. The number of piperazine rings is 1. The number of rotatable bonds is 6. The van der Waals surface area contributed by atoms with Gasteiger partial charge >= 0.3 is 6.18 Å². The molecule has 25 heavy (non-hydrogen) atoms. The zero-order valence-electron chi connectivity index (χ0n) is 14.5. The Bertz CT molecular complexity index is 555. The molecule has 1 amide bonds. The summed E-state index contributed by atoms with van der Waals surface area (Å²) in [4.78, 5) is 15.6. The van der Waals surface area contributed by atoms with E-state index in [4.69, 9.17) is 4.74 Å². The van der Waals surface area contributed by atoms with Gasteiger partial charge in [-0.25, -0.2) is 0 Å². The third-order valence-corrected chi connectivity index (χ3v) is 4.17. The zero-order valence-corrected chi connectivity index (χ0v) is 14.5. The Morgan fingerprint density at radius 2 is 1.80 bits per heavy atom. The van der Waals surface area contributed by atoms with Gasteiger partial charge in [-0.1, -0.05) is 0 Å². The van der Waals surface area contributed by atoms with Crippen LogP contribution in [0.5, 0.6) is 5.75 Å². The quantitative estimate of drug-likeness (QED) is 0.848. The minimum Gasteiger partial charge on any atom is -0.494 e. The van der Waals surface area contributed by atoms with Crippen LogP contribution in [0.15, 0.2) is 24.3 Å². The molecule has 1 aliphatic rings. The van der Waals surface area contributed by atoms with E-state index in [2.05, 4.69) is 5.32 Å².